The lowest BCUT2D eigenvalue weighted by molar-refractivity contribution is -0.138. The summed E-state index contributed by atoms with van der Waals surface area (Å²) in [5.41, 5.74) is 2.79. The third-order valence-electron chi connectivity index (χ3n) is 7.18. The Bertz CT molecular complexity index is 2150. The molecule has 6 rings (SSSR count). The maximum Gasteiger partial charge on any atom is 0.338 e. The number of esters is 1. The van der Waals surface area contributed by atoms with E-state index in [0.29, 0.717) is 37.5 Å². The van der Waals surface area contributed by atoms with Gasteiger partial charge in [0.25, 0.3) is 5.56 Å². The zero-order chi connectivity index (χ0) is 32.4. The van der Waals surface area contributed by atoms with Gasteiger partial charge in [-0.1, -0.05) is 81.9 Å². The summed E-state index contributed by atoms with van der Waals surface area (Å²) in [5, 5.41) is 0. The van der Waals surface area contributed by atoms with Gasteiger partial charge in [0.15, 0.2) is 4.80 Å². The van der Waals surface area contributed by atoms with Crippen LogP contribution < -0.4 is 19.6 Å². The quantitative estimate of drug-likeness (QED) is 0.123. The molecule has 0 saturated heterocycles. The predicted molar refractivity (Wildman–Crippen MR) is 185 cm³/mol. The molecule has 0 aliphatic carbocycles. The van der Waals surface area contributed by atoms with E-state index in [1.165, 1.54) is 40.2 Å². The number of halogens is 4. The van der Waals surface area contributed by atoms with Gasteiger partial charge in [0.05, 0.1) is 32.0 Å². The van der Waals surface area contributed by atoms with E-state index in [-0.39, 0.29) is 30.2 Å². The first kappa shape index (κ1) is 32.0. The van der Waals surface area contributed by atoms with E-state index >= 15 is 0 Å². The van der Waals surface area contributed by atoms with E-state index in [9.17, 15) is 18.4 Å². The van der Waals surface area contributed by atoms with Crippen LogP contribution in [0.1, 0.15) is 35.2 Å². The lowest BCUT2D eigenvalue weighted by atomic mass is 9.93. The van der Waals surface area contributed by atoms with Gasteiger partial charge < -0.3 is 9.47 Å². The van der Waals surface area contributed by atoms with E-state index < -0.39 is 17.8 Å². The van der Waals surface area contributed by atoms with E-state index in [1.54, 1.807) is 37.3 Å². The normalized spacial score (nSPS) is 14.5. The second-order valence-corrected chi connectivity index (χ2v) is 13.3. The number of carbonyl (C=O) groups is 1. The summed E-state index contributed by atoms with van der Waals surface area (Å²) in [7, 11) is 0. The Kier molecular flexibility index (Phi) is 9.62. The second-order valence-electron chi connectivity index (χ2n) is 10.2. The molecule has 0 N–H and O–H groups in total. The summed E-state index contributed by atoms with van der Waals surface area (Å²) in [6.07, 6.45) is 1.73. The molecule has 0 spiro atoms. The van der Waals surface area contributed by atoms with Crippen molar-refractivity contribution in [3.8, 4) is 5.75 Å². The van der Waals surface area contributed by atoms with Gasteiger partial charge in [0.1, 0.15) is 24.0 Å². The highest BCUT2D eigenvalue weighted by Gasteiger charge is 2.35. The number of hydrogen-bond donors (Lipinski definition) is 0. The van der Waals surface area contributed by atoms with Gasteiger partial charge in [0, 0.05) is 15.6 Å². The number of rotatable bonds is 8. The molecule has 2 heterocycles. The Morgan fingerprint density at radius 1 is 1.02 bits per heavy atom. The minimum absolute atomic E-state index is 0.118. The highest BCUT2D eigenvalue weighted by Crippen LogP contribution is 2.36. The van der Waals surface area contributed by atoms with Crippen LogP contribution in [0.4, 0.5) is 8.78 Å². The first-order valence-electron chi connectivity index (χ1n) is 14.1. The average molecular weight is 813 g/mol. The molecule has 11 heteroatoms. The molecular weight excluding hydrogens is 789 g/mol. The Morgan fingerprint density at radius 2 is 1.70 bits per heavy atom. The number of thiazole rings is 1. The number of aromatic nitrogens is 1. The molecule has 46 heavy (non-hydrogen) atoms. The third kappa shape index (κ3) is 6.62. The number of fused-ring (bicyclic) bond motifs is 1. The SMILES string of the molecule is CCOC(=O)C1=C(c2ccccc2)N=c2s/c(=C\c3cc(Br)cc(I)c3OCc3ccc(F)cc3)c(=O)n2[C@@H]1c1ccc(F)cc1. The molecule has 1 atom stereocenters. The minimum atomic E-state index is -0.926. The van der Waals surface area contributed by atoms with Crippen molar-refractivity contribution in [3.63, 3.8) is 0 Å². The van der Waals surface area contributed by atoms with Gasteiger partial charge in [0.2, 0.25) is 0 Å². The highest BCUT2D eigenvalue weighted by atomic mass is 127. The Balaban J connectivity index is 1.55. The van der Waals surface area contributed by atoms with Crippen LogP contribution >= 0.6 is 49.9 Å². The number of ether oxygens (including phenoxy) is 2. The Labute approximate surface area is 288 Å². The number of nitrogens with zero attached hydrogens (tertiary/aromatic N) is 2. The van der Waals surface area contributed by atoms with Gasteiger partial charge in [-0.05, 0) is 83.1 Å². The van der Waals surface area contributed by atoms with Gasteiger partial charge in [-0.3, -0.25) is 9.36 Å². The molecule has 0 amide bonds. The molecule has 0 fully saturated rings. The predicted octanol–water partition coefficient (Wildman–Crippen LogP) is 7.16. The van der Waals surface area contributed by atoms with Crippen molar-refractivity contribution in [1.29, 1.82) is 0 Å². The zero-order valence-electron chi connectivity index (χ0n) is 24.2. The molecule has 1 aromatic heterocycles. The summed E-state index contributed by atoms with van der Waals surface area (Å²) in [5.74, 6) is -0.852. The fourth-order valence-corrected chi connectivity index (χ4v) is 7.82. The summed E-state index contributed by atoms with van der Waals surface area (Å²) in [6, 6.07) is 23.8. The fourth-order valence-electron chi connectivity index (χ4n) is 5.12. The van der Waals surface area contributed by atoms with Crippen molar-refractivity contribution in [2.75, 3.05) is 6.61 Å². The van der Waals surface area contributed by atoms with Crippen LogP contribution in [-0.2, 0) is 16.1 Å². The number of benzene rings is 4. The van der Waals surface area contributed by atoms with E-state index in [4.69, 9.17) is 14.5 Å². The van der Waals surface area contributed by atoms with Crippen LogP contribution in [0.5, 0.6) is 5.75 Å². The first-order valence-corrected chi connectivity index (χ1v) is 16.8. The number of hydrogen-bond acceptors (Lipinski definition) is 6. The zero-order valence-corrected chi connectivity index (χ0v) is 28.7. The maximum atomic E-state index is 14.3. The molecular formula is C35H24BrF2IN2O4S. The largest absolute Gasteiger partial charge is 0.487 e. The lowest BCUT2D eigenvalue weighted by Gasteiger charge is -2.25. The second kappa shape index (κ2) is 13.8. The molecule has 0 saturated carbocycles. The van der Waals surface area contributed by atoms with Crippen LogP contribution in [-0.4, -0.2) is 17.1 Å². The van der Waals surface area contributed by atoms with E-state index in [1.807, 2.05) is 42.5 Å². The van der Waals surface area contributed by atoms with Crippen LogP contribution in [0, 0.1) is 15.2 Å². The standard InChI is InChI=1S/C35H24BrF2IN2O4S/c1-2-44-34(43)29-30(21-6-4-3-5-7-21)40-35-41(31(29)22-10-14-26(38)15-11-22)33(42)28(46-35)17-23-16-24(36)18-27(39)32(23)45-19-20-8-12-25(37)13-9-20/h3-18,31H,2,19H2,1H3/b28-17-/t31-/m1/s1. The van der Waals surface area contributed by atoms with E-state index in [2.05, 4.69) is 38.5 Å². The van der Waals surface area contributed by atoms with Crippen LogP contribution in [0.2, 0.25) is 0 Å². The van der Waals surface area contributed by atoms with Crippen LogP contribution in [0.3, 0.4) is 0 Å². The molecule has 1 aliphatic rings. The van der Waals surface area contributed by atoms with Crippen LogP contribution in [0.15, 0.2) is 111 Å². The monoisotopic (exact) mass is 812 g/mol. The summed E-state index contributed by atoms with van der Waals surface area (Å²) in [6.45, 7) is 2.01. The van der Waals surface area contributed by atoms with Crippen molar-refractivity contribution >= 4 is 67.6 Å². The first-order chi connectivity index (χ1) is 22.2. The molecule has 0 bridgehead atoms. The van der Waals surface area contributed by atoms with Crippen molar-refractivity contribution in [2.45, 2.75) is 19.6 Å². The Morgan fingerprint density at radius 3 is 2.37 bits per heavy atom. The van der Waals surface area contributed by atoms with Crippen molar-refractivity contribution in [2.24, 2.45) is 4.99 Å². The smallest absolute Gasteiger partial charge is 0.338 e. The topological polar surface area (TPSA) is 69.9 Å². The van der Waals surface area contributed by atoms with Crippen molar-refractivity contribution < 1.29 is 23.0 Å². The van der Waals surface area contributed by atoms with Crippen LogP contribution in [0.25, 0.3) is 11.8 Å². The minimum Gasteiger partial charge on any atom is -0.487 e. The molecule has 1 aliphatic heterocycles. The van der Waals surface area contributed by atoms with Gasteiger partial charge in [-0.25, -0.2) is 18.6 Å². The molecule has 5 aromatic rings. The van der Waals surface area contributed by atoms with Crippen molar-refractivity contribution in [3.05, 3.63) is 158 Å². The highest BCUT2D eigenvalue weighted by molar-refractivity contribution is 14.1. The lowest BCUT2D eigenvalue weighted by Crippen LogP contribution is -2.40. The number of carbonyl (C=O) groups excluding carboxylic acids is 1. The molecule has 0 radical (unpaired) electrons. The fraction of sp³-hybridized carbons (Fsp3) is 0.114. The van der Waals surface area contributed by atoms with Gasteiger partial charge >= 0.3 is 5.97 Å². The van der Waals surface area contributed by atoms with E-state index in [0.717, 1.165) is 13.6 Å². The molecule has 0 unspecified atom stereocenters. The molecule has 232 valence electrons. The summed E-state index contributed by atoms with van der Waals surface area (Å²) in [4.78, 5) is 33.1. The maximum absolute atomic E-state index is 14.3. The summed E-state index contributed by atoms with van der Waals surface area (Å²) < 4.78 is 42.6. The van der Waals surface area contributed by atoms with Gasteiger partial charge in [-0.2, -0.15) is 0 Å². The Hall–Kier alpha value is -3.94. The molecule has 6 nitrogen and oxygen atoms in total. The average Bonchev–Trinajstić information content (AvgIpc) is 3.35. The van der Waals surface area contributed by atoms with Crippen molar-refractivity contribution in [1.82, 2.24) is 4.57 Å². The van der Waals surface area contributed by atoms with Gasteiger partial charge in [-0.15, -0.1) is 0 Å². The molecule has 4 aromatic carbocycles. The third-order valence-corrected chi connectivity index (χ3v) is 9.42. The summed E-state index contributed by atoms with van der Waals surface area (Å²) >= 11 is 6.89.